The Morgan fingerprint density at radius 3 is 2.61 bits per heavy atom. The van der Waals surface area contributed by atoms with E-state index in [0.29, 0.717) is 18.0 Å². The number of piperidine rings is 1. The number of hydrogen-bond donors (Lipinski definition) is 0. The Balaban J connectivity index is 1.92. The lowest BCUT2D eigenvalue weighted by molar-refractivity contribution is -0.114. The van der Waals surface area contributed by atoms with Crippen molar-refractivity contribution < 1.29 is 4.79 Å². The molecule has 0 amide bonds. The Morgan fingerprint density at radius 1 is 1.22 bits per heavy atom. The molecule has 2 heteroatoms. The van der Waals surface area contributed by atoms with Gasteiger partial charge in [0, 0.05) is 18.0 Å². The third-order valence-electron chi connectivity index (χ3n) is 4.99. The third kappa shape index (κ3) is 1.79. The molecule has 4 atom stereocenters. The summed E-state index contributed by atoms with van der Waals surface area (Å²) >= 11 is 0. The van der Waals surface area contributed by atoms with E-state index in [-0.39, 0.29) is 5.92 Å². The van der Waals surface area contributed by atoms with Gasteiger partial charge >= 0.3 is 0 Å². The minimum atomic E-state index is 0.177. The highest BCUT2D eigenvalue weighted by Gasteiger charge is 2.45. The minimum Gasteiger partial charge on any atom is -0.303 e. The number of aldehydes is 1. The molecule has 18 heavy (non-hydrogen) atoms. The molecule has 2 aliphatic heterocycles. The Bertz CT molecular complexity index is 439. The normalized spacial score (nSPS) is 35.7. The Hall–Kier alpha value is -1.15. The molecule has 1 aromatic carbocycles. The van der Waals surface area contributed by atoms with E-state index in [9.17, 15) is 4.79 Å². The Morgan fingerprint density at radius 2 is 1.94 bits per heavy atom. The second-order valence-corrected chi connectivity index (χ2v) is 5.93. The fourth-order valence-corrected chi connectivity index (χ4v) is 3.87. The molecule has 2 saturated heterocycles. The van der Waals surface area contributed by atoms with E-state index in [0.717, 1.165) is 6.42 Å². The molecule has 0 unspecified atom stereocenters. The average molecular weight is 243 g/mol. The zero-order valence-electron chi connectivity index (χ0n) is 11.2. The summed E-state index contributed by atoms with van der Waals surface area (Å²) in [5.74, 6) is 0.605. The van der Waals surface area contributed by atoms with Crippen LogP contribution in [-0.2, 0) is 4.79 Å². The minimum absolute atomic E-state index is 0.177. The highest BCUT2D eigenvalue weighted by atomic mass is 16.1. The fraction of sp³-hybridized carbons (Fsp3) is 0.562. The van der Waals surface area contributed by atoms with Crippen LogP contribution < -0.4 is 0 Å². The standard InChI is InChI=1S/C16H21NO/c1-11-3-5-12(6-4-11)14-9-13-7-8-16(17(13)2)15(14)10-18/h3-6,10,13-16H,7-9H2,1-2H3/t13-,14+,15-,16+/m0/s1. The lowest BCUT2D eigenvalue weighted by atomic mass is 9.77. The second kappa shape index (κ2) is 4.51. The first-order chi connectivity index (χ1) is 8.70. The van der Waals surface area contributed by atoms with Crippen molar-refractivity contribution in [2.45, 2.75) is 44.2 Å². The van der Waals surface area contributed by atoms with Crippen molar-refractivity contribution in [2.24, 2.45) is 5.92 Å². The predicted octanol–water partition coefficient (Wildman–Crippen LogP) is 2.76. The van der Waals surface area contributed by atoms with Crippen molar-refractivity contribution in [1.82, 2.24) is 4.90 Å². The smallest absolute Gasteiger partial charge is 0.125 e. The molecule has 0 aliphatic carbocycles. The maximum atomic E-state index is 11.5. The summed E-state index contributed by atoms with van der Waals surface area (Å²) in [5, 5.41) is 0. The van der Waals surface area contributed by atoms with E-state index in [1.54, 1.807) is 0 Å². The molecule has 2 fully saturated rings. The molecule has 2 bridgehead atoms. The Kier molecular flexibility index (Phi) is 2.98. The highest BCUT2D eigenvalue weighted by molar-refractivity contribution is 5.58. The van der Waals surface area contributed by atoms with Gasteiger partial charge in [-0.05, 0) is 44.7 Å². The molecule has 1 aromatic rings. The third-order valence-corrected chi connectivity index (χ3v) is 4.99. The van der Waals surface area contributed by atoms with Crippen LogP contribution in [0.4, 0.5) is 0 Å². The molecular formula is C16H21NO. The van der Waals surface area contributed by atoms with Crippen molar-refractivity contribution in [3.05, 3.63) is 35.4 Å². The van der Waals surface area contributed by atoms with Gasteiger partial charge in [0.1, 0.15) is 6.29 Å². The van der Waals surface area contributed by atoms with Gasteiger partial charge in [-0.1, -0.05) is 29.8 Å². The lowest BCUT2D eigenvalue weighted by Gasteiger charge is -2.40. The fourth-order valence-electron chi connectivity index (χ4n) is 3.87. The van der Waals surface area contributed by atoms with Crippen molar-refractivity contribution >= 4 is 6.29 Å². The molecule has 0 spiro atoms. The summed E-state index contributed by atoms with van der Waals surface area (Å²) in [6.45, 7) is 2.11. The maximum Gasteiger partial charge on any atom is 0.125 e. The van der Waals surface area contributed by atoms with Gasteiger partial charge in [-0.3, -0.25) is 4.90 Å². The van der Waals surface area contributed by atoms with Crippen LogP contribution in [0.1, 0.15) is 36.3 Å². The van der Waals surface area contributed by atoms with E-state index >= 15 is 0 Å². The zero-order valence-corrected chi connectivity index (χ0v) is 11.2. The van der Waals surface area contributed by atoms with Gasteiger partial charge in [-0.15, -0.1) is 0 Å². The number of carbonyl (C=O) groups is 1. The van der Waals surface area contributed by atoms with Crippen LogP contribution in [-0.4, -0.2) is 30.3 Å². The number of nitrogens with zero attached hydrogens (tertiary/aromatic N) is 1. The van der Waals surface area contributed by atoms with E-state index in [1.165, 1.54) is 30.3 Å². The molecular weight excluding hydrogens is 222 g/mol. The number of fused-ring (bicyclic) bond motifs is 2. The van der Waals surface area contributed by atoms with Crippen LogP contribution in [0.5, 0.6) is 0 Å². The van der Waals surface area contributed by atoms with Gasteiger partial charge in [0.05, 0.1) is 0 Å². The van der Waals surface area contributed by atoms with Crippen LogP contribution >= 0.6 is 0 Å². The molecule has 2 heterocycles. The van der Waals surface area contributed by atoms with Gasteiger partial charge in [0.2, 0.25) is 0 Å². The molecule has 0 saturated carbocycles. The predicted molar refractivity (Wildman–Crippen MR) is 72.7 cm³/mol. The number of hydrogen-bond acceptors (Lipinski definition) is 2. The second-order valence-electron chi connectivity index (χ2n) is 5.93. The first-order valence-corrected chi connectivity index (χ1v) is 6.94. The topological polar surface area (TPSA) is 20.3 Å². The first kappa shape index (κ1) is 11.9. The van der Waals surface area contributed by atoms with Gasteiger partial charge in [0.15, 0.2) is 0 Å². The molecule has 2 aliphatic rings. The van der Waals surface area contributed by atoms with Crippen molar-refractivity contribution in [1.29, 1.82) is 0 Å². The lowest BCUT2D eigenvalue weighted by Crippen LogP contribution is -2.46. The van der Waals surface area contributed by atoms with Crippen LogP contribution in [0.15, 0.2) is 24.3 Å². The maximum absolute atomic E-state index is 11.5. The van der Waals surface area contributed by atoms with Gasteiger partial charge in [-0.25, -0.2) is 0 Å². The summed E-state index contributed by atoms with van der Waals surface area (Å²) in [4.78, 5) is 14.0. The van der Waals surface area contributed by atoms with Crippen molar-refractivity contribution in [3.63, 3.8) is 0 Å². The van der Waals surface area contributed by atoms with Crippen LogP contribution in [0.25, 0.3) is 0 Å². The number of benzene rings is 1. The van der Waals surface area contributed by atoms with Crippen molar-refractivity contribution in [3.8, 4) is 0 Å². The van der Waals surface area contributed by atoms with Crippen LogP contribution in [0.2, 0.25) is 0 Å². The SMILES string of the molecule is Cc1ccc([C@H]2C[C@@H]3CC[C@H]([C@H]2C=O)N3C)cc1. The highest BCUT2D eigenvalue weighted by Crippen LogP contribution is 2.45. The van der Waals surface area contributed by atoms with Gasteiger partial charge in [0.25, 0.3) is 0 Å². The number of rotatable bonds is 2. The monoisotopic (exact) mass is 243 g/mol. The summed E-state index contributed by atoms with van der Waals surface area (Å²) < 4.78 is 0. The van der Waals surface area contributed by atoms with Gasteiger partial charge < -0.3 is 4.79 Å². The molecule has 3 rings (SSSR count). The summed E-state index contributed by atoms with van der Waals surface area (Å²) in [5.41, 5.74) is 2.64. The quantitative estimate of drug-likeness (QED) is 0.744. The van der Waals surface area contributed by atoms with Gasteiger partial charge in [-0.2, -0.15) is 0 Å². The largest absolute Gasteiger partial charge is 0.303 e. The van der Waals surface area contributed by atoms with E-state index in [4.69, 9.17) is 0 Å². The summed E-state index contributed by atoms with van der Waals surface area (Å²) in [6.07, 6.45) is 4.79. The zero-order chi connectivity index (χ0) is 12.7. The molecule has 0 radical (unpaired) electrons. The molecule has 96 valence electrons. The van der Waals surface area contributed by atoms with E-state index in [1.807, 2.05) is 0 Å². The first-order valence-electron chi connectivity index (χ1n) is 6.94. The van der Waals surface area contributed by atoms with E-state index < -0.39 is 0 Å². The molecule has 0 N–H and O–H groups in total. The molecule has 2 nitrogen and oxygen atoms in total. The molecule has 0 aromatic heterocycles. The Labute approximate surface area is 109 Å². The van der Waals surface area contributed by atoms with Crippen LogP contribution in [0.3, 0.4) is 0 Å². The summed E-state index contributed by atoms with van der Waals surface area (Å²) in [7, 11) is 2.18. The average Bonchev–Trinajstić information content (AvgIpc) is 2.63. The van der Waals surface area contributed by atoms with Crippen molar-refractivity contribution in [2.75, 3.05) is 7.05 Å². The number of aryl methyl sites for hydroxylation is 1. The summed E-state index contributed by atoms with van der Waals surface area (Å²) in [6, 6.07) is 9.89. The number of carbonyl (C=O) groups excluding carboxylic acids is 1. The van der Waals surface area contributed by atoms with Crippen LogP contribution in [0, 0.1) is 12.8 Å². The van der Waals surface area contributed by atoms with E-state index in [2.05, 4.69) is 43.1 Å².